The molecule has 5 nitrogen and oxygen atoms in total. The molecule has 2 aliphatic heterocycles. The van der Waals surface area contributed by atoms with Crippen LogP contribution in [0.5, 0.6) is 5.75 Å². The van der Waals surface area contributed by atoms with Gasteiger partial charge in [-0.15, -0.1) is 10.2 Å². The van der Waals surface area contributed by atoms with Crippen LogP contribution in [0.3, 0.4) is 0 Å². The Hall–Kier alpha value is -2.35. The van der Waals surface area contributed by atoms with Crippen molar-refractivity contribution in [3.05, 3.63) is 34.9 Å². The number of nitrogens with zero attached hydrogens (tertiary/aromatic N) is 4. The second-order valence-corrected chi connectivity index (χ2v) is 8.10. The highest BCUT2D eigenvalue weighted by Gasteiger charge is 2.42. The van der Waals surface area contributed by atoms with Crippen LogP contribution in [0.25, 0.3) is 11.3 Å². The second kappa shape index (κ2) is 7.48. The van der Waals surface area contributed by atoms with E-state index in [1.807, 2.05) is 11.9 Å². The highest BCUT2D eigenvalue weighted by molar-refractivity contribution is 5.73. The molecule has 1 N–H and O–H groups in total. The molecule has 0 amide bonds. The largest absolute Gasteiger partial charge is 0.507 e. The lowest BCUT2D eigenvalue weighted by molar-refractivity contribution is -0.138. The maximum absolute atomic E-state index is 14.2. The molecule has 1 aromatic carbocycles. The molecular formula is C21H25F3N4O. The molecule has 156 valence electrons. The summed E-state index contributed by atoms with van der Waals surface area (Å²) in [5.41, 5.74) is -0.0418. The number of hydrogen-bond acceptors (Lipinski definition) is 5. The fraction of sp³-hybridized carbons (Fsp3) is 0.524. The summed E-state index contributed by atoms with van der Waals surface area (Å²) in [5.74, 6) is 0.130. The van der Waals surface area contributed by atoms with Crippen LogP contribution in [0.15, 0.2) is 18.2 Å². The van der Waals surface area contributed by atoms with Gasteiger partial charge in [-0.25, -0.2) is 0 Å². The molecule has 2 aromatic rings. The zero-order valence-electron chi connectivity index (χ0n) is 16.6. The number of hydrogen-bond donors (Lipinski definition) is 1. The summed E-state index contributed by atoms with van der Waals surface area (Å²) in [6, 6.07) is 4.73. The zero-order chi connectivity index (χ0) is 20.8. The highest BCUT2D eigenvalue weighted by atomic mass is 19.4. The summed E-state index contributed by atoms with van der Waals surface area (Å²) < 4.78 is 42.6. The summed E-state index contributed by atoms with van der Waals surface area (Å²) in [4.78, 5) is 4.22. The number of phenolic OH excluding ortho intramolecular Hbond substituents is 1. The summed E-state index contributed by atoms with van der Waals surface area (Å²) >= 11 is 0. The number of phenols is 1. The van der Waals surface area contributed by atoms with Crippen LogP contribution in [0.4, 0.5) is 19.0 Å². The van der Waals surface area contributed by atoms with E-state index in [4.69, 9.17) is 0 Å². The van der Waals surface area contributed by atoms with E-state index in [1.165, 1.54) is 12.1 Å². The summed E-state index contributed by atoms with van der Waals surface area (Å²) in [7, 11) is 2.03. The van der Waals surface area contributed by atoms with Crippen molar-refractivity contribution in [1.82, 2.24) is 15.1 Å². The molecule has 2 aliphatic rings. The van der Waals surface area contributed by atoms with Crippen LogP contribution in [-0.4, -0.2) is 52.9 Å². The van der Waals surface area contributed by atoms with Gasteiger partial charge in [-0.3, -0.25) is 0 Å². The number of fused-ring (bicyclic) bond motifs is 1. The molecule has 4 rings (SSSR count). The van der Waals surface area contributed by atoms with Crippen molar-refractivity contribution in [2.75, 3.05) is 31.6 Å². The average molecular weight is 406 g/mol. The molecule has 0 spiro atoms. The standard InChI is InChI=1S/C21H25F3N4O/c1-13-7-8-15(17(29)11-13)19-18(21(22,23)24)16-6-4-10-28(20(16)26-25-19)14-5-3-9-27(2)12-14/h7-8,11,14,29H,3-6,9-10,12H2,1-2H3. The third kappa shape index (κ3) is 3.77. The predicted octanol–water partition coefficient (Wildman–Crippen LogP) is 4.02. The Balaban J connectivity index is 1.85. The number of alkyl halides is 3. The predicted molar refractivity (Wildman–Crippen MR) is 105 cm³/mol. The minimum Gasteiger partial charge on any atom is -0.507 e. The monoisotopic (exact) mass is 406 g/mol. The number of anilines is 1. The molecule has 8 heteroatoms. The molecule has 1 unspecified atom stereocenters. The Morgan fingerprint density at radius 1 is 1.14 bits per heavy atom. The van der Waals surface area contributed by atoms with E-state index in [9.17, 15) is 18.3 Å². The first-order valence-electron chi connectivity index (χ1n) is 9.97. The van der Waals surface area contributed by atoms with Crippen molar-refractivity contribution in [1.29, 1.82) is 0 Å². The van der Waals surface area contributed by atoms with E-state index in [-0.39, 0.29) is 28.6 Å². The number of aromatic nitrogens is 2. The lowest BCUT2D eigenvalue weighted by Crippen LogP contribution is -2.49. The SMILES string of the molecule is Cc1ccc(-c2nnc3c(c2C(F)(F)F)CCCN3C2CCCN(C)C2)c(O)c1. The molecule has 0 bridgehead atoms. The minimum absolute atomic E-state index is 0.0627. The number of benzene rings is 1. The van der Waals surface area contributed by atoms with Crippen molar-refractivity contribution in [2.45, 2.75) is 44.8 Å². The fourth-order valence-corrected chi connectivity index (χ4v) is 4.55. The van der Waals surface area contributed by atoms with Gasteiger partial charge >= 0.3 is 6.18 Å². The number of likely N-dealkylation sites (N-methyl/N-ethyl adjacent to an activating group) is 1. The molecule has 1 atom stereocenters. The van der Waals surface area contributed by atoms with Gasteiger partial charge < -0.3 is 14.9 Å². The van der Waals surface area contributed by atoms with Gasteiger partial charge in [0.1, 0.15) is 11.4 Å². The molecule has 3 heterocycles. The number of halogens is 3. The van der Waals surface area contributed by atoms with Gasteiger partial charge in [0.05, 0.1) is 5.56 Å². The Morgan fingerprint density at radius 2 is 1.93 bits per heavy atom. The molecule has 1 saturated heterocycles. The topological polar surface area (TPSA) is 52.5 Å². The van der Waals surface area contributed by atoms with E-state index in [0.29, 0.717) is 25.2 Å². The quantitative estimate of drug-likeness (QED) is 0.816. The Bertz CT molecular complexity index is 916. The maximum atomic E-state index is 14.2. The Morgan fingerprint density at radius 3 is 2.62 bits per heavy atom. The van der Waals surface area contributed by atoms with Crippen molar-refractivity contribution in [3.63, 3.8) is 0 Å². The van der Waals surface area contributed by atoms with Gasteiger partial charge in [0.15, 0.2) is 5.82 Å². The first-order chi connectivity index (χ1) is 13.8. The Kier molecular flexibility index (Phi) is 5.14. The van der Waals surface area contributed by atoms with Gasteiger partial charge in [0.25, 0.3) is 0 Å². The van der Waals surface area contributed by atoms with E-state index in [1.54, 1.807) is 13.0 Å². The minimum atomic E-state index is -4.58. The zero-order valence-corrected chi connectivity index (χ0v) is 16.6. The van der Waals surface area contributed by atoms with Crippen LogP contribution < -0.4 is 4.90 Å². The van der Waals surface area contributed by atoms with Crippen molar-refractivity contribution < 1.29 is 18.3 Å². The van der Waals surface area contributed by atoms with Gasteiger partial charge in [-0.05, 0) is 63.9 Å². The van der Waals surface area contributed by atoms with Gasteiger partial charge in [0.2, 0.25) is 0 Å². The van der Waals surface area contributed by atoms with E-state index in [2.05, 4.69) is 15.1 Å². The Labute approximate surface area is 168 Å². The van der Waals surface area contributed by atoms with E-state index < -0.39 is 11.7 Å². The number of piperidine rings is 1. The lowest BCUT2D eigenvalue weighted by atomic mass is 9.93. The van der Waals surface area contributed by atoms with E-state index >= 15 is 0 Å². The van der Waals surface area contributed by atoms with E-state index in [0.717, 1.165) is 31.5 Å². The first kappa shape index (κ1) is 19.9. The van der Waals surface area contributed by atoms with Crippen molar-refractivity contribution >= 4 is 5.82 Å². The number of rotatable bonds is 2. The third-order valence-corrected chi connectivity index (χ3v) is 5.88. The lowest BCUT2D eigenvalue weighted by Gasteiger charge is -2.41. The molecule has 0 radical (unpaired) electrons. The summed E-state index contributed by atoms with van der Waals surface area (Å²) in [5, 5.41) is 18.5. The summed E-state index contributed by atoms with van der Waals surface area (Å²) in [6.45, 7) is 4.27. The fourth-order valence-electron chi connectivity index (χ4n) is 4.55. The molecule has 0 aliphatic carbocycles. The number of likely N-dealkylation sites (tertiary alicyclic amines) is 1. The van der Waals surface area contributed by atoms with Crippen molar-refractivity contribution in [2.24, 2.45) is 0 Å². The number of aromatic hydroxyl groups is 1. The normalized spacial score (nSPS) is 20.6. The van der Waals surface area contributed by atoms with Crippen LogP contribution in [0.1, 0.15) is 36.0 Å². The van der Waals surface area contributed by atoms with Gasteiger partial charge in [-0.2, -0.15) is 13.2 Å². The molecule has 1 aromatic heterocycles. The molecule has 29 heavy (non-hydrogen) atoms. The van der Waals surface area contributed by atoms with Crippen LogP contribution in [0, 0.1) is 6.92 Å². The van der Waals surface area contributed by atoms with Crippen LogP contribution in [-0.2, 0) is 12.6 Å². The van der Waals surface area contributed by atoms with Crippen LogP contribution in [0.2, 0.25) is 0 Å². The average Bonchev–Trinajstić information content (AvgIpc) is 2.66. The first-order valence-corrected chi connectivity index (χ1v) is 9.97. The molecule has 1 fully saturated rings. The van der Waals surface area contributed by atoms with Crippen molar-refractivity contribution in [3.8, 4) is 17.0 Å². The highest BCUT2D eigenvalue weighted by Crippen LogP contribution is 2.44. The van der Waals surface area contributed by atoms with Gasteiger partial charge in [0, 0.05) is 30.3 Å². The number of aryl methyl sites for hydroxylation is 1. The molecule has 0 saturated carbocycles. The van der Waals surface area contributed by atoms with Crippen LogP contribution >= 0.6 is 0 Å². The van der Waals surface area contributed by atoms with Gasteiger partial charge in [-0.1, -0.05) is 6.07 Å². The second-order valence-electron chi connectivity index (χ2n) is 8.10. The maximum Gasteiger partial charge on any atom is 0.418 e. The third-order valence-electron chi connectivity index (χ3n) is 5.88. The summed E-state index contributed by atoms with van der Waals surface area (Å²) in [6.07, 6.45) is -1.69. The smallest absolute Gasteiger partial charge is 0.418 e. The molecular weight excluding hydrogens is 381 g/mol.